The van der Waals surface area contributed by atoms with Gasteiger partial charge in [0.05, 0.1) is 23.0 Å². The fourth-order valence-corrected chi connectivity index (χ4v) is 7.29. The SMILES string of the molecule is CC[C@@H](C)N(CC(=O)N1CCc2sccc2[C@@H]1c1ccccc1C)S(=O)(=O)c1cccc(C(F)(F)F)c1. The second-order valence-electron chi connectivity index (χ2n) is 9.23. The molecule has 1 aromatic heterocycles. The van der Waals surface area contributed by atoms with Gasteiger partial charge in [0.2, 0.25) is 15.9 Å². The van der Waals surface area contributed by atoms with E-state index in [2.05, 4.69) is 0 Å². The van der Waals surface area contributed by atoms with E-state index in [1.165, 1.54) is 4.88 Å². The number of carbonyl (C=O) groups excluding carboxylic acids is 1. The molecule has 3 aromatic rings. The van der Waals surface area contributed by atoms with E-state index in [1.54, 1.807) is 30.1 Å². The number of halogens is 3. The Morgan fingerprint density at radius 3 is 2.54 bits per heavy atom. The summed E-state index contributed by atoms with van der Waals surface area (Å²) < 4.78 is 68.1. The number of nitrogens with zero attached hydrogens (tertiary/aromatic N) is 2. The second-order valence-corrected chi connectivity index (χ2v) is 12.1. The van der Waals surface area contributed by atoms with Gasteiger partial charge >= 0.3 is 6.18 Å². The number of rotatable bonds is 7. The number of hydrogen-bond acceptors (Lipinski definition) is 4. The Hall–Kier alpha value is -2.69. The highest BCUT2D eigenvalue weighted by Crippen LogP contribution is 2.39. The van der Waals surface area contributed by atoms with Crippen molar-refractivity contribution in [1.82, 2.24) is 9.21 Å². The summed E-state index contributed by atoms with van der Waals surface area (Å²) in [6, 6.07) is 12.5. The number of aryl methyl sites for hydroxylation is 1. The number of fused-ring (bicyclic) bond motifs is 1. The maximum absolute atomic E-state index is 13.8. The molecule has 10 heteroatoms. The van der Waals surface area contributed by atoms with Gasteiger partial charge in [-0.1, -0.05) is 37.3 Å². The third kappa shape index (κ3) is 5.46. The van der Waals surface area contributed by atoms with Crippen molar-refractivity contribution < 1.29 is 26.4 Å². The highest BCUT2D eigenvalue weighted by Gasteiger charge is 2.38. The lowest BCUT2D eigenvalue weighted by molar-refractivity contribution is -0.138. The minimum atomic E-state index is -4.69. The molecule has 37 heavy (non-hydrogen) atoms. The van der Waals surface area contributed by atoms with Crippen LogP contribution in [0.25, 0.3) is 0 Å². The molecule has 4 rings (SSSR count). The van der Waals surface area contributed by atoms with Crippen LogP contribution in [-0.2, 0) is 27.4 Å². The van der Waals surface area contributed by atoms with Gasteiger partial charge in [-0.05, 0) is 73.0 Å². The first-order chi connectivity index (χ1) is 17.4. The Bertz CT molecular complexity index is 1390. The Balaban J connectivity index is 1.71. The van der Waals surface area contributed by atoms with Gasteiger partial charge in [-0.2, -0.15) is 17.5 Å². The van der Waals surface area contributed by atoms with Crippen molar-refractivity contribution in [2.24, 2.45) is 0 Å². The molecule has 0 saturated heterocycles. The van der Waals surface area contributed by atoms with Crippen molar-refractivity contribution >= 4 is 27.3 Å². The van der Waals surface area contributed by atoms with Crippen molar-refractivity contribution in [1.29, 1.82) is 0 Å². The number of thiophene rings is 1. The molecule has 0 bridgehead atoms. The van der Waals surface area contributed by atoms with E-state index in [0.29, 0.717) is 25.5 Å². The molecular formula is C27H29F3N2O3S2. The third-order valence-corrected chi connectivity index (χ3v) is 9.86. The summed E-state index contributed by atoms with van der Waals surface area (Å²) >= 11 is 1.63. The van der Waals surface area contributed by atoms with Crippen LogP contribution in [0.15, 0.2) is 64.9 Å². The summed E-state index contributed by atoms with van der Waals surface area (Å²) in [4.78, 5) is 16.2. The van der Waals surface area contributed by atoms with Gasteiger partial charge in [0.15, 0.2) is 0 Å². The zero-order valence-corrected chi connectivity index (χ0v) is 22.5. The Morgan fingerprint density at radius 2 is 1.86 bits per heavy atom. The second kappa shape index (κ2) is 10.6. The summed E-state index contributed by atoms with van der Waals surface area (Å²) in [6.07, 6.45) is -3.64. The molecule has 0 fully saturated rings. The third-order valence-electron chi connectivity index (χ3n) is 6.91. The number of sulfonamides is 1. The topological polar surface area (TPSA) is 57.7 Å². The van der Waals surface area contributed by atoms with Gasteiger partial charge in [0.25, 0.3) is 0 Å². The quantitative estimate of drug-likeness (QED) is 0.361. The number of alkyl halides is 3. The number of amides is 1. The number of benzene rings is 2. The Morgan fingerprint density at radius 1 is 1.14 bits per heavy atom. The monoisotopic (exact) mass is 550 g/mol. The maximum atomic E-state index is 13.8. The lowest BCUT2D eigenvalue weighted by Gasteiger charge is -2.38. The van der Waals surface area contributed by atoms with Crippen LogP contribution in [0, 0.1) is 6.92 Å². The van der Waals surface area contributed by atoms with Crippen molar-refractivity contribution in [2.75, 3.05) is 13.1 Å². The highest BCUT2D eigenvalue weighted by atomic mass is 32.2. The standard InChI is InChI=1S/C27H29F3N2O3S2/c1-4-19(3)32(37(34,35)21-10-7-9-20(16-21)27(28,29)30)17-25(33)31-14-12-24-23(13-15-36-24)26(31)22-11-6-5-8-18(22)2/h5-11,13,15-16,19,26H,4,12,14,17H2,1-3H3/t19-,26+/m1/s1. The molecule has 0 saturated carbocycles. The van der Waals surface area contributed by atoms with Gasteiger partial charge in [-0.25, -0.2) is 8.42 Å². The molecule has 1 aliphatic rings. The van der Waals surface area contributed by atoms with E-state index in [9.17, 15) is 26.4 Å². The van der Waals surface area contributed by atoms with Crippen molar-refractivity contribution in [3.05, 3.63) is 87.1 Å². The molecule has 2 atom stereocenters. The van der Waals surface area contributed by atoms with Crippen LogP contribution in [0.4, 0.5) is 13.2 Å². The van der Waals surface area contributed by atoms with Gasteiger partial charge in [-0.15, -0.1) is 11.3 Å². The zero-order valence-electron chi connectivity index (χ0n) is 20.8. The molecule has 0 N–H and O–H groups in total. The summed E-state index contributed by atoms with van der Waals surface area (Å²) in [6.45, 7) is 5.36. The van der Waals surface area contributed by atoms with E-state index in [4.69, 9.17) is 0 Å². The summed E-state index contributed by atoms with van der Waals surface area (Å²) in [5, 5.41) is 1.99. The van der Waals surface area contributed by atoms with Gasteiger partial charge in [0.1, 0.15) is 0 Å². The molecule has 1 aliphatic heterocycles. The number of carbonyl (C=O) groups is 1. The molecule has 198 valence electrons. The van der Waals surface area contributed by atoms with Crippen LogP contribution < -0.4 is 0 Å². The smallest absolute Gasteiger partial charge is 0.330 e. The largest absolute Gasteiger partial charge is 0.416 e. The summed E-state index contributed by atoms with van der Waals surface area (Å²) in [7, 11) is -4.38. The van der Waals surface area contributed by atoms with Gasteiger partial charge in [-0.3, -0.25) is 4.79 Å². The molecule has 2 aromatic carbocycles. The lowest BCUT2D eigenvalue weighted by atomic mass is 9.90. The normalized spacial score (nSPS) is 17.1. The predicted molar refractivity (Wildman–Crippen MR) is 138 cm³/mol. The van der Waals surface area contributed by atoms with E-state index >= 15 is 0 Å². The Labute approximate surface area is 219 Å². The first kappa shape index (κ1) is 27.3. The molecule has 2 heterocycles. The van der Waals surface area contributed by atoms with Crippen molar-refractivity contribution in [2.45, 2.75) is 56.8 Å². The number of hydrogen-bond donors (Lipinski definition) is 0. The molecule has 0 radical (unpaired) electrons. The van der Waals surface area contributed by atoms with Crippen molar-refractivity contribution in [3.63, 3.8) is 0 Å². The highest BCUT2D eigenvalue weighted by molar-refractivity contribution is 7.89. The zero-order chi connectivity index (χ0) is 27.0. The first-order valence-corrected chi connectivity index (χ1v) is 14.4. The van der Waals surface area contributed by atoms with E-state index < -0.39 is 39.2 Å². The van der Waals surface area contributed by atoms with Crippen LogP contribution >= 0.6 is 11.3 Å². The summed E-state index contributed by atoms with van der Waals surface area (Å²) in [5.74, 6) is -0.388. The van der Waals surface area contributed by atoms with Crippen LogP contribution in [-0.4, -0.2) is 42.7 Å². The molecule has 0 unspecified atom stereocenters. The molecule has 5 nitrogen and oxygen atoms in total. The van der Waals surface area contributed by atoms with Gasteiger partial charge in [0, 0.05) is 17.5 Å². The average molecular weight is 551 g/mol. The van der Waals surface area contributed by atoms with E-state index in [0.717, 1.165) is 39.2 Å². The van der Waals surface area contributed by atoms with E-state index in [-0.39, 0.29) is 11.9 Å². The molecule has 0 spiro atoms. The lowest BCUT2D eigenvalue weighted by Crippen LogP contribution is -2.49. The van der Waals surface area contributed by atoms with E-state index in [1.807, 2.05) is 42.6 Å². The molecule has 1 amide bonds. The van der Waals surface area contributed by atoms with Crippen LogP contribution in [0.2, 0.25) is 0 Å². The fourth-order valence-electron chi connectivity index (χ4n) is 4.69. The Kier molecular flexibility index (Phi) is 7.83. The summed E-state index contributed by atoms with van der Waals surface area (Å²) in [5.41, 5.74) is 1.95. The minimum Gasteiger partial charge on any atom is -0.330 e. The molecule has 0 aliphatic carbocycles. The van der Waals surface area contributed by atoms with Crippen LogP contribution in [0.1, 0.15) is 53.4 Å². The first-order valence-electron chi connectivity index (χ1n) is 12.1. The maximum Gasteiger partial charge on any atom is 0.416 e. The molecular weight excluding hydrogens is 521 g/mol. The fraction of sp³-hybridized carbons (Fsp3) is 0.370. The van der Waals surface area contributed by atoms with Crippen LogP contribution in [0.3, 0.4) is 0 Å². The predicted octanol–water partition coefficient (Wildman–Crippen LogP) is 6.04. The van der Waals surface area contributed by atoms with Crippen LogP contribution in [0.5, 0.6) is 0 Å². The average Bonchev–Trinajstić information content (AvgIpc) is 3.35. The van der Waals surface area contributed by atoms with Crippen molar-refractivity contribution in [3.8, 4) is 0 Å². The van der Waals surface area contributed by atoms with Gasteiger partial charge < -0.3 is 4.90 Å². The minimum absolute atomic E-state index is 0.362.